The highest BCUT2D eigenvalue weighted by Crippen LogP contribution is 2.20. The third-order valence-electron chi connectivity index (χ3n) is 5.77. The molecule has 0 amide bonds. The lowest BCUT2D eigenvalue weighted by Gasteiger charge is -2.26. The number of sulfonamides is 1. The van der Waals surface area contributed by atoms with Gasteiger partial charge in [-0.25, -0.2) is 13.4 Å². The molecule has 0 atom stereocenters. The molecule has 0 aliphatic carbocycles. The van der Waals surface area contributed by atoms with Crippen molar-refractivity contribution >= 4 is 26.6 Å². The van der Waals surface area contributed by atoms with E-state index in [2.05, 4.69) is 14.6 Å². The summed E-state index contributed by atoms with van der Waals surface area (Å²) < 4.78 is 32.9. The zero-order chi connectivity index (χ0) is 23.4. The summed E-state index contributed by atoms with van der Waals surface area (Å²) in [5.74, 6) is 1.31. The summed E-state index contributed by atoms with van der Waals surface area (Å²) in [7, 11) is -3.45. The van der Waals surface area contributed by atoms with Crippen molar-refractivity contribution in [1.29, 1.82) is 0 Å². The number of rotatable bonds is 8. The summed E-state index contributed by atoms with van der Waals surface area (Å²) >= 11 is 0. The minimum atomic E-state index is -3.45. The first kappa shape index (κ1) is 23.3. The highest BCUT2D eigenvalue weighted by Gasteiger charge is 2.13. The van der Waals surface area contributed by atoms with Gasteiger partial charge in [-0.1, -0.05) is 6.42 Å². The normalized spacial score (nSPS) is 15.0. The summed E-state index contributed by atoms with van der Waals surface area (Å²) in [6.07, 6.45) is 5.98. The maximum Gasteiger partial charge on any atom is 0.266 e. The van der Waals surface area contributed by atoms with E-state index in [0.29, 0.717) is 34.7 Å². The predicted molar refractivity (Wildman–Crippen MR) is 131 cm³/mol. The molecule has 1 saturated heterocycles. The zero-order valence-corrected chi connectivity index (χ0v) is 19.9. The summed E-state index contributed by atoms with van der Waals surface area (Å²) in [5, 5.41) is 0.340. The van der Waals surface area contributed by atoms with Crippen LogP contribution in [-0.4, -0.2) is 55.4 Å². The molecule has 33 heavy (non-hydrogen) atoms. The number of ether oxygens (including phenoxy) is 1. The van der Waals surface area contributed by atoms with Crippen LogP contribution in [0.5, 0.6) is 5.75 Å². The summed E-state index contributed by atoms with van der Waals surface area (Å²) in [6.45, 7) is 5.87. The van der Waals surface area contributed by atoms with E-state index in [1.807, 2.05) is 24.3 Å². The van der Waals surface area contributed by atoms with Crippen LogP contribution in [0.4, 0.5) is 5.69 Å². The monoisotopic (exact) mass is 470 g/mol. The van der Waals surface area contributed by atoms with E-state index in [9.17, 15) is 13.2 Å². The fraction of sp³-hybridized carbons (Fsp3) is 0.417. The second-order valence-corrected chi connectivity index (χ2v) is 10.3. The Morgan fingerprint density at radius 2 is 1.79 bits per heavy atom. The predicted octanol–water partition coefficient (Wildman–Crippen LogP) is 3.32. The van der Waals surface area contributed by atoms with E-state index in [4.69, 9.17) is 4.74 Å². The number of likely N-dealkylation sites (tertiary alicyclic amines) is 1. The standard InChI is InChI=1S/C24H30N4O4S/c1-18-25-23-12-7-19(26-33(2,30)31)17-22(23)24(29)28(18)20-8-10-21(11-9-20)32-16-6-15-27-13-4-3-5-14-27/h7-12,17,26H,3-6,13-16H2,1-2H3. The molecule has 4 rings (SSSR count). The van der Waals surface area contributed by atoms with Gasteiger partial charge in [0.25, 0.3) is 5.56 Å². The van der Waals surface area contributed by atoms with Crippen LogP contribution in [0, 0.1) is 6.92 Å². The number of aromatic nitrogens is 2. The lowest BCUT2D eigenvalue weighted by atomic mass is 10.1. The molecule has 0 saturated carbocycles. The van der Waals surface area contributed by atoms with Gasteiger partial charge in [0.1, 0.15) is 11.6 Å². The van der Waals surface area contributed by atoms with Crippen LogP contribution in [0.2, 0.25) is 0 Å². The Morgan fingerprint density at radius 3 is 2.48 bits per heavy atom. The Morgan fingerprint density at radius 1 is 1.06 bits per heavy atom. The van der Waals surface area contributed by atoms with Gasteiger partial charge in [0.15, 0.2) is 0 Å². The first-order valence-corrected chi connectivity index (χ1v) is 13.2. The van der Waals surface area contributed by atoms with Crippen molar-refractivity contribution in [3.8, 4) is 11.4 Å². The molecular formula is C24H30N4O4S. The number of benzene rings is 2. The van der Waals surface area contributed by atoms with Gasteiger partial charge in [-0.2, -0.15) is 0 Å². The molecule has 0 spiro atoms. The van der Waals surface area contributed by atoms with Gasteiger partial charge >= 0.3 is 0 Å². The lowest BCUT2D eigenvalue weighted by molar-refractivity contribution is 0.205. The number of nitrogens with zero attached hydrogens (tertiary/aromatic N) is 3. The van der Waals surface area contributed by atoms with Crippen LogP contribution in [0.25, 0.3) is 16.6 Å². The fourth-order valence-corrected chi connectivity index (χ4v) is 4.79. The number of hydrogen-bond donors (Lipinski definition) is 1. The Labute approximate surface area is 194 Å². The van der Waals surface area contributed by atoms with Crippen molar-refractivity contribution in [2.45, 2.75) is 32.6 Å². The van der Waals surface area contributed by atoms with Gasteiger partial charge in [0.2, 0.25) is 10.0 Å². The van der Waals surface area contributed by atoms with Crippen LogP contribution >= 0.6 is 0 Å². The molecule has 2 heterocycles. The van der Waals surface area contributed by atoms with Crippen molar-refractivity contribution in [1.82, 2.24) is 14.5 Å². The quantitative estimate of drug-likeness (QED) is 0.508. The maximum absolute atomic E-state index is 13.2. The zero-order valence-electron chi connectivity index (χ0n) is 19.1. The molecule has 1 fully saturated rings. The number of anilines is 1. The number of piperidine rings is 1. The van der Waals surface area contributed by atoms with Gasteiger partial charge in [-0.3, -0.25) is 14.1 Å². The second kappa shape index (κ2) is 9.93. The molecular weight excluding hydrogens is 440 g/mol. The molecule has 0 unspecified atom stereocenters. The van der Waals surface area contributed by atoms with Crippen molar-refractivity contribution < 1.29 is 13.2 Å². The van der Waals surface area contributed by atoms with Crippen LogP contribution in [0.1, 0.15) is 31.5 Å². The smallest absolute Gasteiger partial charge is 0.266 e. The topological polar surface area (TPSA) is 93.5 Å². The molecule has 1 N–H and O–H groups in total. The summed E-state index contributed by atoms with van der Waals surface area (Å²) in [5.41, 5.74) is 1.26. The summed E-state index contributed by atoms with van der Waals surface area (Å²) in [6, 6.07) is 12.1. The van der Waals surface area contributed by atoms with Crippen LogP contribution in [0.3, 0.4) is 0 Å². The maximum atomic E-state index is 13.2. The molecule has 3 aromatic rings. The SMILES string of the molecule is Cc1nc2ccc(NS(C)(=O)=O)cc2c(=O)n1-c1ccc(OCCCN2CCCCC2)cc1. The van der Waals surface area contributed by atoms with E-state index in [1.54, 1.807) is 19.1 Å². The van der Waals surface area contributed by atoms with Gasteiger partial charge < -0.3 is 9.64 Å². The van der Waals surface area contributed by atoms with E-state index in [0.717, 1.165) is 25.0 Å². The van der Waals surface area contributed by atoms with Gasteiger partial charge in [-0.05, 0) is 81.7 Å². The van der Waals surface area contributed by atoms with Crippen LogP contribution in [0.15, 0.2) is 47.3 Å². The number of hydrogen-bond acceptors (Lipinski definition) is 6. The Kier molecular flexibility index (Phi) is 6.99. The first-order chi connectivity index (χ1) is 15.8. The van der Waals surface area contributed by atoms with Gasteiger partial charge in [-0.15, -0.1) is 0 Å². The molecule has 0 bridgehead atoms. The van der Waals surface area contributed by atoms with Gasteiger partial charge in [0, 0.05) is 12.2 Å². The van der Waals surface area contributed by atoms with Crippen molar-refractivity contribution in [3.05, 3.63) is 58.6 Å². The lowest BCUT2D eigenvalue weighted by Crippen LogP contribution is -2.31. The van der Waals surface area contributed by atoms with Crippen molar-refractivity contribution in [2.75, 3.05) is 37.2 Å². The van der Waals surface area contributed by atoms with Gasteiger partial charge in [0.05, 0.1) is 29.5 Å². The molecule has 2 aromatic carbocycles. The Bertz CT molecular complexity index is 1280. The molecule has 176 valence electrons. The molecule has 1 aromatic heterocycles. The molecule has 1 aliphatic heterocycles. The summed E-state index contributed by atoms with van der Waals surface area (Å²) in [4.78, 5) is 20.2. The van der Waals surface area contributed by atoms with E-state index in [1.165, 1.54) is 43.0 Å². The minimum absolute atomic E-state index is 0.259. The third kappa shape index (κ3) is 5.91. The number of fused-ring (bicyclic) bond motifs is 1. The van der Waals surface area contributed by atoms with E-state index in [-0.39, 0.29) is 5.56 Å². The fourth-order valence-electron chi connectivity index (χ4n) is 4.23. The van der Waals surface area contributed by atoms with Crippen LogP contribution < -0.4 is 15.0 Å². The Balaban J connectivity index is 1.48. The van der Waals surface area contributed by atoms with Crippen LogP contribution in [-0.2, 0) is 10.0 Å². The molecule has 9 heteroatoms. The average molecular weight is 471 g/mol. The third-order valence-corrected chi connectivity index (χ3v) is 6.38. The Hall–Kier alpha value is -2.91. The van der Waals surface area contributed by atoms with E-state index >= 15 is 0 Å². The largest absolute Gasteiger partial charge is 0.494 e. The van der Waals surface area contributed by atoms with Crippen molar-refractivity contribution in [2.24, 2.45) is 0 Å². The number of aryl methyl sites for hydroxylation is 1. The molecule has 8 nitrogen and oxygen atoms in total. The highest BCUT2D eigenvalue weighted by molar-refractivity contribution is 7.92. The first-order valence-electron chi connectivity index (χ1n) is 11.3. The molecule has 0 radical (unpaired) electrons. The highest BCUT2D eigenvalue weighted by atomic mass is 32.2. The average Bonchev–Trinajstić information content (AvgIpc) is 2.78. The molecule has 1 aliphatic rings. The second-order valence-electron chi connectivity index (χ2n) is 8.50. The van der Waals surface area contributed by atoms with Crippen molar-refractivity contribution in [3.63, 3.8) is 0 Å². The number of nitrogens with one attached hydrogen (secondary N) is 1. The van der Waals surface area contributed by atoms with E-state index < -0.39 is 10.0 Å². The minimum Gasteiger partial charge on any atom is -0.494 e.